The highest BCUT2D eigenvalue weighted by molar-refractivity contribution is 5.29. The zero-order valence-corrected chi connectivity index (χ0v) is 9.80. The van der Waals surface area contributed by atoms with Crippen LogP contribution in [0.15, 0.2) is 12.3 Å². The lowest BCUT2D eigenvalue weighted by Gasteiger charge is -2.28. The summed E-state index contributed by atoms with van der Waals surface area (Å²) in [6.45, 7) is 9.21. The van der Waals surface area contributed by atoms with Crippen molar-refractivity contribution in [1.29, 1.82) is 0 Å². The van der Waals surface area contributed by atoms with E-state index in [2.05, 4.69) is 44.5 Å². The summed E-state index contributed by atoms with van der Waals surface area (Å²) in [7, 11) is 0. The molecule has 1 atom stereocenters. The fourth-order valence-corrected chi connectivity index (χ4v) is 2.55. The van der Waals surface area contributed by atoms with E-state index in [9.17, 15) is 0 Å². The van der Waals surface area contributed by atoms with E-state index < -0.39 is 0 Å². The Morgan fingerprint density at radius 3 is 2.71 bits per heavy atom. The van der Waals surface area contributed by atoms with E-state index in [1.807, 2.05) is 0 Å². The first-order valence-electron chi connectivity index (χ1n) is 5.71. The number of fused-ring (bicyclic) bond motifs is 1. The van der Waals surface area contributed by atoms with Crippen molar-refractivity contribution < 1.29 is 0 Å². The van der Waals surface area contributed by atoms with Crippen molar-refractivity contribution in [2.45, 2.75) is 58.4 Å². The molecule has 0 fully saturated rings. The Hall–Kier alpha value is -0.720. The summed E-state index contributed by atoms with van der Waals surface area (Å²) in [5, 5.41) is 0. The largest absolute Gasteiger partial charge is 0.346 e. The first kappa shape index (κ1) is 9.82. The number of rotatable bonds is 0. The number of hydrogen-bond donors (Lipinski definition) is 0. The van der Waals surface area contributed by atoms with Crippen LogP contribution in [-0.2, 0) is 12.0 Å². The molecule has 1 aromatic rings. The van der Waals surface area contributed by atoms with Gasteiger partial charge in [-0.05, 0) is 57.6 Å². The molecule has 1 aliphatic rings. The summed E-state index contributed by atoms with van der Waals surface area (Å²) in [6, 6.07) is 2.32. The highest BCUT2D eigenvalue weighted by Gasteiger charge is 2.24. The highest BCUT2D eigenvalue weighted by atomic mass is 15.0. The normalized spacial score (nSPS) is 22.1. The third kappa shape index (κ3) is 1.49. The van der Waals surface area contributed by atoms with E-state index in [0.29, 0.717) is 0 Å². The number of nitrogens with zero attached hydrogens (tertiary/aromatic N) is 1. The van der Waals surface area contributed by atoms with E-state index in [0.717, 1.165) is 5.92 Å². The van der Waals surface area contributed by atoms with Crippen LogP contribution >= 0.6 is 0 Å². The standard InChI is InChI=1S/C13H21N/c1-10-6-5-7-12-11(10)8-9-14(12)13(2,3)4/h8-10H,5-7H2,1-4H3. The van der Waals surface area contributed by atoms with Gasteiger partial charge < -0.3 is 4.57 Å². The van der Waals surface area contributed by atoms with Crippen LogP contribution in [0.25, 0.3) is 0 Å². The van der Waals surface area contributed by atoms with Gasteiger partial charge in [0.15, 0.2) is 0 Å². The Labute approximate surface area is 87.1 Å². The van der Waals surface area contributed by atoms with Gasteiger partial charge in [0.1, 0.15) is 0 Å². The molecule has 1 heteroatoms. The minimum Gasteiger partial charge on any atom is -0.346 e. The van der Waals surface area contributed by atoms with Crippen LogP contribution in [0.5, 0.6) is 0 Å². The Morgan fingerprint density at radius 1 is 1.36 bits per heavy atom. The van der Waals surface area contributed by atoms with Gasteiger partial charge in [0.05, 0.1) is 0 Å². The zero-order chi connectivity index (χ0) is 10.3. The smallest absolute Gasteiger partial charge is 0.0358 e. The molecule has 0 aliphatic heterocycles. The van der Waals surface area contributed by atoms with Gasteiger partial charge in [-0.3, -0.25) is 0 Å². The summed E-state index contributed by atoms with van der Waals surface area (Å²) < 4.78 is 2.46. The van der Waals surface area contributed by atoms with Crippen LogP contribution in [0.3, 0.4) is 0 Å². The molecule has 1 heterocycles. The van der Waals surface area contributed by atoms with Crippen molar-refractivity contribution >= 4 is 0 Å². The molecule has 0 bridgehead atoms. The second kappa shape index (κ2) is 3.15. The van der Waals surface area contributed by atoms with Crippen LogP contribution in [0.1, 0.15) is 57.7 Å². The van der Waals surface area contributed by atoms with Crippen molar-refractivity contribution in [3.63, 3.8) is 0 Å². The molecule has 0 spiro atoms. The van der Waals surface area contributed by atoms with Gasteiger partial charge in [0.2, 0.25) is 0 Å². The third-order valence-corrected chi connectivity index (χ3v) is 3.33. The first-order chi connectivity index (χ1) is 6.50. The molecule has 14 heavy (non-hydrogen) atoms. The van der Waals surface area contributed by atoms with Crippen molar-refractivity contribution in [3.05, 3.63) is 23.5 Å². The van der Waals surface area contributed by atoms with E-state index in [1.165, 1.54) is 19.3 Å². The molecule has 0 radical (unpaired) electrons. The second-order valence-corrected chi connectivity index (χ2v) is 5.55. The maximum absolute atomic E-state index is 2.46. The fraction of sp³-hybridized carbons (Fsp3) is 0.692. The zero-order valence-electron chi connectivity index (χ0n) is 9.80. The lowest BCUT2D eigenvalue weighted by atomic mass is 9.88. The van der Waals surface area contributed by atoms with Gasteiger partial charge in [-0.1, -0.05) is 6.92 Å². The average molecular weight is 191 g/mol. The van der Waals surface area contributed by atoms with Crippen LogP contribution < -0.4 is 0 Å². The monoisotopic (exact) mass is 191 g/mol. The minimum atomic E-state index is 0.241. The van der Waals surface area contributed by atoms with Crippen LogP contribution in [0.4, 0.5) is 0 Å². The van der Waals surface area contributed by atoms with E-state index >= 15 is 0 Å². The SMILES string of the molecule is CC1CCCc2c1ccn2C(C)(C)C. The Balaban J connectivity index is 2.46. The Kier molecular flexibility index (Phi) is 2.21. The molecular formula is C13H21N. The molecule has 1 unspecified atom stereocenters. The lowest BCUT2D eigenvalue weighted by molar-refractivity contribution is 0.377. The predicted octanol–water partition coefficient (Wildman–Crippen LogP) is 3.68. The molecule has 1 aromatic heterocycles. The van der Waals surface area contributed by atoms with Crippen LogP contribution in [0, 0.1) is 0 Å². The van der Waals surface area contributed by atoms with Gasteiger partial charge in [0, 0.05) is 17.4 Å². The predicted molar refractivity (Wildman–Crippen MR) is 60.8 cm³/mol. The molecule has 78 valence electrons. The second-order valence-electron chi connectivity index (χ2n) is 5.55. The molecule has 0 amide bonds. The molecule has 1 nitrogen and oxygen atoms in total. The van der Waals surface area contributed by atoms with E-state index in [1.54, 1.807) is 11.3 Å². The molecule has 0 saturated heterocycles. The topological polar surface area (TPSA) is 4.93 Å². The molecule has 0 saturated carbocycles. The number of hydrogen-bond acceptors (Lipinski definition) is 0. The summed E-state index contributed by atoms with van der Waals surface area (Å²) in [5.41, 5.74) is 3.41. The van der Waals surface area contributed by atoms with Gasteiger partial charge in [-0.15, -0.1) is 0 Å². The molecule has 0 N–H and O–H groups in total. The quantitative estimate of drug-likeness (QED) is 0.589. The van der Waals surface area contributed by atoms with Crippen molar-refractivity contribution in [3.8, 4) is 0 Å². The summed E-state index contributed by atoms with van der Waals surface area (Å²) >= 11 is 0. The van der Waals surface area contributed by atoms with Gasteiger partial charge in [0.25, 0.3) is 0 Å². The van der Waals surface area contributed by atoms with E-state index in [-0.39, 0.29) is 5.54 Å². The van der Waals surface area contributed by atoms with Gasteiger partial charge in [-0.2, -0.15) is 0 Å². The average Bonchev–Trinajstić information content (AvgIpc) is 2.47. The summed E-state index contributed by atoms with van der Waals surface area (Å²) in [5.74, 6) is 0.766. The van der Waals surface area contributed by atoms with Crippen LogP contribution in [-0.4, -0.2) is 4.57 Å². The molecule has 0 aromatic carbocycles. The molecule has 2 rings (SSSR count). The van der Waals surface area contributed by atoms with Gasteiger partial charge in [-0.25, -0.2) is 0 Å². The Morgan fingerprint density at radius 2 is 2.07 bits per heavy atom. The van der Waals surface area contributed by atoms with E-state index in [4.69, 9.17) is 0 Å². The summed E-state index contributed by atoms with van der Waals surface area (Å²) in [6.07, 6.45) is 6.26. The molecular weight excluding hydrogens is 170 g/mol. The number of aromatic nitrogens is 1. The maximum Gasteiger partial charge on any atom is 0.0358 e. The van der Waals surface area contributed by atoms with Crippen molar-refractivity contribution in [1.82, 2.24) is 4.57 Å². The minimum absolute atomic E-state index is 0.241. The molecule has 1 aliphatic carbocycles. The maximum atomic E-state index is 2.46. The van der Waals surface area contributed by atoms with Crippen LogP contribution in [0.2, 0.25) is 0 Å². The fourth-order valence-electron chi connectivity index (χ4n) is 2.55. The summed E-state index contributed by atoms with van der Waals surface area (Å²) in [4.78, 5) is 0. The Bertz CT molecular complexity index is 327. The third-order valence-electron chi connectivity index (χ3n) is 3.33. The highest BCUT2D eigenvalue weighted by Crippen LogP contribution is 2.34. The lowest BCUT2D eigenvalue weighted by Crippen LogP contribution is -2.24. The van der Waals surface area contributed by atoms with Crippen molar-refractivity contribution in [2.24, 2.45) is 0 Å². The van der Waals surface area contributed by atoms with Gasteiger partial charge >= 0.3 is 0 Å². The van der Waals surface area contributed by atoms with Crippen molar-refractivity contribution in [2.75, 3.05) is 0 Å². The first-order valence-corrected chi connectivity index (χ1v) is 5.71.